The van der Waals surface area contributed by atoms with Gasteiger partial charge in [0.2, 0.25) is 0 Å². The van der Waals surface area contributed by atoms with Crippen molar-refractivity contribution in [2.75, 3.05) is 26.4 Å². The van der Waals surface area contributed by atoms with Crippen molar-refractivity contribution >= 4 is 26.8 Å². The van der Waals surface area contributed by atoms with Gasteiger partial charge in [-0.15, -0.1) is 0 Å². The van der Waals surface area contributed by atoms with Gasteiger partial charge < -0.3 is 15.4 Å². The largest absolute Gasteiger partial charge is 0.329 e. The van der Waals surface area contributed by atoms with Gasteiger partial charge in [0, 0.05) is 25.8 Å². The summed E-state index contributed by atoms with van der Waals surface area (Å²) in [6.45, 7) is 13.1. The third-order valence-corrected chi connectivity index (χ3v) is 13.2. The summed E-state index contributed by atoms with van der Waals surface area (Å²) in [5.41, 5.74) is 4.06. The first-order chi connectivity index (χ1) is 21.5. The highest BCUT2D eigenvalue weighted by Crippen LogP contribution is 2.35. The number of hydrogen-bond acceptors (Lipinski definition) is 5. The fraction of sp³-hybridized carbons (Fsp3) is 0.595. The summed E-state index contributed by atoms with van der Waals surface area (Å²) in [5.74, 6) is -0.0362. The maximum absolute atomic E-state index is 15.4. The Hall–Kier alpha value is -2.62. The second-order valence-electron chi connectivity index (χ2n) is 13.5. The summed E-state index contributed by atoms with van der Waals surface area (Å²) in [6.07, 6.45) is 9.11. The van der Waals surface area contributed by atoms with E-state index in [9.17, 15) is 8.60 Å². The standard InChI is InChI=1S/C37H58F2N4O2S/c1-9-19-37(6,39)20-22-43(21-11-12-29(5)46(8,44,45)36(26-41)42-7)35(10-2)34-24-31(25-40)33(23-28(34)4)27(3)13-14-30-15-17-32(38)18-16-30/h15-18,23-27,29,35,40-41H,9-14,19-22H2,1-8H3,(H,44,45)/p+1/t27-,29?,35?,37?/m0/s1. The average molecular weight is 662 g/mol. The molecule has 2 rings (SSSR count). The number of nitrogens with one attached hydrogen (secondary N) is 2. The molecule has 0 fully saturated rings. The molecule has 2 aromatic rings. The summed E-state index contributed by atoms with van der Waals surface area (Å²) in [4.78, 5) is 6.31. The fourth-order valence-corrected chi connectivity index (χ4v) is 8.39. The van der Waals surface area contributed by atoms with Gasteiger partial charge >= 0.3 is 0 Å². The lowest BCUT2D eigenvalue weighted by atomic mass is 9.86. The van der Waals surface area contributed by atoms with Crippen molar-refractivity contribution < 1.29 is 17.5 Å². The Labute approximate surface area is 276 Å². The molecule has 0 aliphatic heterocycles. The number of hydrogen-bond donors (Lipinski definition) is 2. The van der Waals surface area contributed by atoms with Crippen molar-refractivity contribution in [3.8, 4) is 0 Å². The molecule has 0 heterocycles. The summed E-state index contributed by atoms with van der Waals surface area (Å²) in [7, 11) is -2.58. The molecule has 9 heteroatoms. The van der Waals surface area contributed by atoms with Gasteiger partial charge in [-0.2, -0.15) is 4.21 Å². The van der Waals surface area contributed by atoms with E-state index in [0.29, 0.717) is 38.8 Å². The minimum Gasteiger partial charge on any atom is -0.329 e. The molecule has 3 unspecified atom stereocenters. The number of nitrogens with zero attached hydrogens (tertiary/aromatic N) is 2. The molecule has 0 radical (unpaired) electrons. The molecule has 0 bridgehead atoms. The molecular weight excluding hydrogens is 602 g/mol. The first-order valence-corrected chi connectivity index (χ1v) is 19.2. The highest BCUT2D eigenvalue weighted by molar-refractivity contribution is 8.29. The molecule has 0 aliphatic rings. The molecule has 0 saturated carbocycles. The predicted molar refractivity (Wildman–Crippen MR) is 194 cm³/mol. The van der Waals surface area contributed by atoms with Crippen LogP contribution in [0.5, 0.6) is 0 Å². The zero-order valence-corrected chi connectivity index (χ0v) is 30.2. The molecule has 4 atom stereocenters. The lowest BCUT2D eigenvalue weighted by Crippen LogP contribution is -2.49. The van der Waals surface area contributed by atoms with Gasteiger partial charge in [0.05, 0.1) is 17.7 Å². The van der Waals surface area contributed by atoms with Crippen molar-refractivity contribution in [2.24, 2.45) is 4.99 Å². The monoisotopic (exact) mass is 661 g/mol. The first-order valence-electron chi connectivity index (χ1n) is 16.7. The Kier molecular flexibility index (Phi) is 14.6. The lowest BCUT2D eigenvalue weighted by Gasteiger charge is -2.41. The molecule has 4 N–H and O–H groups in total. The molecule has 46 heavy (non-hydrogen) atoms. The molecule has 258 valence electrons. The highest BCUT2D eigenvalue weighted by atomic mass is 32.3. The normalized spacial score (nSPS) is 16.7. The molecule has 0 saturated heterocycles. The van der Waals surface area contributed by atoms with E-state index in [1.54, 1.807) is 13.8 Å². The summed E-state index contributed by atoms with van der Waals surface area (Å²) in [5, 5.41) is 15.5. The quantitative estimate of drug-likeness (QED) is 0.0896. The van der Waals surface area contributed by atoms with Gasteiger partial charge in [0.1, 0.15) is 11.5 Å². The smallest absolute Gasteiger partial charge is 0.192 e. The maximum Gasteiger partial charge on any atom is 0.192 e. The number of aryl methyl sites for hydroxylation is 2. The van der Waals surface area contributed by atoms with E-state index >= 15 is 4.39 Å². The van der Waals surface area contributed by atoms with E-state index in [0.717, 1.165) is 59.7 Å². The first kappa shape index (κ1) is 39.6. The van der Waals surface area contributed by atoms with Crippen molar-refractivity contribution in [3.63, 3.8) is 0 Å². The van der Waals surface area contributed by atoms with Crippen LogP contribution >= 0.6 is 0 Å². The van der Waals surface area contributed by atoms with Gasteiger partial charge in [-0.05, 0) is 124 Å². The minimum atomic E-state index is -4.05. The predicted octanol–water partition coefficient (Wildman–Crippen LogP) is 8.48. The highest BCUT2D eigenvalue weighted by Gasteiger charge is 2.37. The maximum atomic E-state index is 15.4. The summed E-state index contributed by atoms with van der Waals surface area (Å²) >= 11 is 0. The third kappa shape index (κ3) is 10.4. The fourth-order valence-electron chi connectivity index (χ4n) is 6.50. The third-order valence-electron chi connectivity index (χ3n) is 9.70. The van der Waals surface area contributed by atoms with E-state index in [-0.39, 0.29) is 22.8 Å². The topological polar surface area (TPSA) is 103 Å². The van der Waals surface area contributed by atoms with Crippen LogP contribution in [0.2, 0.25) is 0 Å². The molecule has 0 aliphatic carbocycles. The number of alkyl halides is 1. The van der Waals surface area contributed by atoms with Crippen LogP contribution in [0, 0.1) is 23.6 Å². The minimum absolute atomic E-state index is 0.00231. The summed E-state index contributed by atoms with van der Waals surface area (Å²) < 4.78 is 51.3. The average Bonchev–Trinajstić information content (AvgIpc) is 2.99. The Bertz CT molecular complexity index is 1400. The Morgan fingerprint density at radius 2 is 1.74 bits per heavy atom. The molecule has 0 amide bonds. The van der Waals surface area contributed by atoms with Crippen LogP contribution in [0.4, 0.5) is 8.78 Å². The zero-order chi connectivity index (χ0) is 34.7. The van der Waals surface area contributed by atoms with E-state index < -0.39 is 20.3 Å². The van der Waals surface area contributed by atoms with Crippen LogP contribution in [-0.4, -0.2) is 68.4 Å². The van der Waals surface area contributed by atoms with Crippen LogP contribution in [0.1, 0.15) is 119 Å². The van der Waals surface area contributed by atoms with Gasteiger partial charge in [0.15, 0.2) is 5.04 Å². The lowest BCUT2D eigenvalue weighted by molar-refractivity contribution is 0.109. The van der Waals surface area contributed by atoms with E-state index in [2.05, 4.69) is 42.8 Å². The molecule has 2 aromatic carbocycles. The van der Waals surface area contributed by atoms with Crippen LogP contribution in [-0.2, 0) is 15.8 Å². The molecule has 0 aromatic heterocycles. The van der Waals surface area contributed by atoms with E-state index in [1.165, 1.54) is 31.7 Å². The van der Waals surface area contributed by atoms with Crippen molar-refractivity contribution in [1.29, 1.82) is 10.8 Å². The molecule has 0 spiro atoms. The Morgan fingerprint density at radius 1 is 1.09 bits per heavy atom. The second kappa shape index (κ2) is 17.0. The Balaban J connectivity index is 2.37. The second-order valence-corrected chi connectivity index (χ2v) is 17.5. The van der Waals surface area contributed by atoms with Gasteiger partial charge in [-0.3, -0.25) is 9.89 Å². The summed E-state index contributed by atoms with van der Waals surface area (Å²) in [6, 6.07) is 11.0. The van der Waals surface area contributed by atoms with Crippen molar-refractivity contribution in [2.45, 2.75) is 116 Å². The SMILES string of the molecule is CCCC(C)(F)CCN(CCCC(C)S(C)(=O)([OH2+])C(C=N)=NC)C(CC)c1cc(C=N)c([C@@H](C)CCc2ccc(F)cc2)cc1C. The number of rotatable bonds is 19. The van der Waals surface area contributed by atoms with Gasteiger partial charge in [0.25, 0.3) is 0 Å². The van der Waals surface area contributed by atoms with Crippen LogP contribution in [0.15, 0.2) is 41.4 Å². The van der Waals surface area contributed by atoms with E-state index in [1.807, 2.05) is 19.1 Å². The van der Waals surface area contributed by atoms with Crippen molar-refractivity contribution in [1.82, 2.24) is 4.90 Å². The molecule has 6 nitrogen and oxygen atoms in total. The van der Waals surface area contributed by atoms with Gasteiger partial charge in [-0.1, -0.05) is 54.7 Å². The number of aliphatic imine (C=N–C) groups is 1. The number of halogens is 2. The van der Waals surface area contributed by atoms with Crippen LogP contribution in [0.3, 0.4) is 0 Å². The number of benzene rings is 2. The van der Waals surface area contributed by atoms with Crippen LogP contribution in [0.25, 0.3) is 0 Å². The zero-order valence-electron chi connectivity index (χ0n) is 29.4. The van der Waals surface area contributed by atoms with Gasteiger partial charge in [-0.25, -0.2) is 8.78 Å². The molecular formula is C37H59F2N4O2S+. The Morgan fingerprint density at radius 3 is 2.28 bits per heavy atom. The van der Waals surface area contributed by atoms with Crippen molar-refractivity contribution in [3.05, 3.63) is 70.0 Å². The van der Waals surface area contributed by atoms with E-state index in [4.69, 9.17) is 15.4 Å². The van der Waals surface area contributed by atoms with Crippen LogP contribution < -0.4 is 0 Å².